The highest BCUT2D eigenvalue weighted by Gasteiger charge is 2.10. The van der Waals surface area contributed by atoms with Gasteiger partial charge in [0.1, 0.15) is 0 Å². The topological polar surface area (TPSA) is 88.2 Å². The SMILES string of the molecule is O=C(CNC(=O)CSC(=O)c1ccccc1)NCc1ccccn1. The molecular formula is C17H17N3O3S. The van der Waals surface area contributed by atoms with Crippen LogP contribution in [0.1, 0.15) is 16.1 Å². The van der Waals surface area contributed by atoms with E-state index in [0.29, 0.717) is 12.1 Å². The van der Waals surface area contributed by atoms with Crippen molar-refractivity contribution in [2.24, 2.45) is 0 Å². The van der Waals surface area contributed by atoms with Gasteiger partial charge in [-0.05, 0) is 12.1 Å². The number of hydrogen-bond acceptors (Lipinski definition) is 5. The first-order chi connectivity index (χ1) is 11.6. The molecule has 0 spiro atoms. The minimum atomic E-state index is -0.364. The summed E-state index contributed by atoms with van der Waals surface area (Å²) < 4.78 is 0. The van der Waals surface area contributed by atoms with Crippen molar-refractivity contribution in [3.8, 4) is 0 Å². The van der Waals surface area contributed by atoms with Crippen LogP contribution in [0, 0.1) is 0 Å². The number of rotatable bonds is 7. The van der Waals surface area contributed by atoms with E-state index in [1.54, 1.807) is 42.6 Å². The molecular weight excluding hydrogens is 326 g/mol. The molecule has 2 rings (SSSR count). The van der Waals surface area contributed by atoms with Gasteiger partial charge in [0.2, 0.25) is 16.9 Å². The van der Waals surface area contributed by atoms with Gasteiger partial charge >= 0.3 is 0 Å². The Balaban J connectivity index is 1.64. The van der Waals surface area contributed by atoms with Crippen molar-refractivity contribution in [1.82, 2.24) is 15.6 Å². The van der Waals surface area contributed by atoms with Gasteiger partial charge in [-0.2, -0.15) is 0 Å². The fourth-order valence-electron chi connectivity index (χ4n) is 1.77. The summed E-state index contributed by atoms with van der Waals surface area (Å²) in [5.41, 5.74) is 1.28. The second-order valence-corrected chi connectivity index (χ2v) is 5.76. The molecule has 0 saturated heterocycles. The van der Waals surface area contributed by atoms with Gasteiger partial charge in [0.05, 0.1) is 24.5 Å². The van der Waals surface area contributed by atoms with E-state index in [-0.39, 0.29) is 29.2 Å². The fourth-order valence-corrected chi connectivity index (χ4v) is 2.44. The Morgan fingerprint density at radius 3 is 2.38 bits per heavy atom. The van der Waals surface area contributed by atoms with Crippen LogP contribution in [-0.2, 0) is 16.1 Å². The highest BCUT2D eigenvalue weighted by molar-refractivity contribution is 8.14. The molecule has 0 bridgehead atoms. The molecule has 124 valence electrons. The monoisotopic (exact) mass is 343 g/mol. The Kier molecular flexibility index (Phi) is 6.97. The summed E-state index contributed by atoms with van der Waals surface area (Å²) in [4.78, 5) is 39.3. The van der Waals surface area contributed by atoms with E-state index in [9.17, 15) is 14.4 Å². The molecule has 0 aliphatic rings. The number of benzene rings is 1. The number of hydrogen-bond donors (Lipinski definition) is 2. The van der Waals surface area contributed by atoms with E-state index in [4.69, 9.17) is 0 Å². The number of aromatic nitrogens is 1. The molecule has 1 aromatic carbocycles. The summed E-state index contributed by atoms with van der Waals surface area (Å²) in [6, 6.07) is 14.1. The molecule has 2 N–H and O–H groups in total. The Hall–Kier alpha value is -2.67. The van der Waals surface area contributed by atoms with Crippen molar-refractivity contribution in [1.29, 1.82) is 0 Å². The maximum absolute atomic E-state index is 11.8. The molecule has 2 aromatic rings. The molecule has 7 heteroatoms. The van der Waals surface area contributed by atoms with Crippen LogP contribution in [0.5, 0.6) is 0 Å². The highest BCUT2D eigenvalue weighted by atomic mass is 32.2. The molecule has 24 heavy (non-hydrogen) atoms. The summed E-state index contributed by atoms with van der Waals surface area (Å²) in [6.07, 6.45) is 1.64. The van der Waals surface area contributed by atoms with Crippen molar-refractivity contribution in [3.05, 3.63) is 66.0 Å². The largest absolute Gasteiger partial charge is 0.349 e. The van der Waals surface area contributed by atoms with E-state index in [1.165, 1.54) is 0 Å². The quantitative estimate of drug-likeness (QED) is 0.793. The molecule has 1 heterocycles. The zero-order valence-electron chi connectivity index (χ0n) is 12.9. The number of amides is 2. The first-order valence-electron chi connectivity index (χ1n) is 7.30. The molecule has 0 atom stereocenters. The van der Waals surface area contributed by atoms with Gasteiger partial charge in [0, 0.05) is 11.8 Å². The fraction of sp³-hybridized carbons (Fsp3) is 0.176. The second-order valence-electron chi connectivity index (χ2n) is 4.82. The number of thioether (sulfide) groups is 1. The van der Waals surface area contributed by atoms with E-state index in [2.05, 4.69) is 15.6 Å². The van der Waals surface area contributed by atoms with Crippen molar-refractivity contribution in [3.63, 3.8) is 0 Å². The van der Waals surface area contributed by atoms with Crippen molar-refractivity contribution in [2.45, 2.75) is 6.54 Å². The molecule has 1 aromatic heterocycles. The van der Waals surface area contributed by atoms with Gasteiger partial charge in [-0.3, -0.25) is 19.4 Å². The van der Waals surface area contributed by atoms with Crippen LogP contribution in [0.15, 0.2) is 54.7 Å². The van der Waals surface area contributed by atoms with Crippen molar-refractivity contribution in [2.75, 3.05) is 12.3 Å². The number of nitrogens with one attached hydrogen (secondary N) is 2. The van der Waals surface area contributed by atoms with Gasteiger partial charge in [-0.15, -0.1) is 0 Å². The normalized spacial score (nSPS) is 10.0. The lowest BCUT2D eigenvalue weighted by Crippen LogP contribution is -2.37. The summed E-state index contributed by atoms with van der Waals surface area (Å²) in [6.45, 7) is 0.169. The molecule has 0 saturated carbocycles. The number of nitrogens with zero attached hydrogens (tertiary/aromatic N) is 1. The van der Waals surface area contributed by atoms with Crippen molar-refractivity contribution >= 4 is 28.7 Å². The van der Waals surface area contributed by atoms with Gasteiger partial charge in [-0.1, -0.05) is 48.2 Å². The van der Waals surface area contributed by atoms with Crippen LogP contribution in [0.4, 0.5) is 0 Å². The van der Waals surface area contributed by atoms with E-state index in [1.807, 2.05) is 12.1 Å². The first kappa shape index (κ1) is 17.7. The third-order valence-electron chi connectivity index (χ3n) is 2.98. The molecule has 0 aliphatic heterocycles. The highest BCUT2D eigenvalue weighted by Crippen LogP contribution is 2.11. The van der Waals surface area contributed by atoms with Crippen LogP contribution >= 0.6 is 11.8 Å². The average Bonchev–Trinajstić information content (AvgIpc) is 2.64. The maximum atomic E-state index is 11.8. The summed E-state index contributed by atoms with van der Waals surface area (Å²) in [5, 5.41) is 4.96. The molecule has 0 unspecified atom stereocenters. The molecule has 0 radical (unpaired) electrons. The second kappa shape index (κ2) is 9.46. The standard InChI is InChI=1S/C17H17N3O3S/c21-15(19-10-14-8-4-5-9-18-14)11-20-16(22)12-24-17(23)13-6-2-1-3-7-13/h1-9H,10-12H2,(H,19,21)(H,20,22). The minimum absolute atomic E-state index is 0.0265. The van der Waals surface area contributed by atoms with E-state index in [0.717, 1.165) is 17.5 Å². The summed E-state index contributed by atoms with van der Waals surface area (Å²) >= 11 is 0.907. The lowest BCUT2D eigenvalue weighted by Gasteiger charge is -2.06. The minimum Gasteiger partial charge on any atom is -0.349 e. The molecule has 0 aliphatic carbocycles. The Morgan fingerprint density at radius 2 is 1.67 bits per heavy atom. The molecule has 2 amide bonds. The Morgan fingerprint density at radius 1 is 0.917 bits per heavy atom. The Bertz CT molecular complexity index is 693. The van der Waals surface area contributed by atoms with Crippen LogP contribution < -0.4 is 10.6 Å². The number of pyridine rings is 1. The van der Waals surface area contributed by atoms with Gasteiger partial charge < -0.3 is 10.6 Å². The maximum Gasteiger partial charge on any atom is 0.239 e. The first-order valence-corrected chi connectivity index (χ1v) is 8.29. The number of carbonyl (C=O) groups excluding carboxylic acids is 3. The predicted octanol–water partition coefficient (Wildman–Crippen LogP) is 1.39. The zero-order valence-corrected chi connectivity index (χ0v) is 13.7. The molecule has 6 nitrogen and oxygen atoms in total. The number of carbonyl (C=O) groups is 3. The lowest BCUT2D eigenvalue weighted by molar-refractivity contribution is -0.124. The van der Waals surface area contributed by atoms with Crippen LogP contribution in [0.3, 0.4) is 0 Å². The summed E-state index contributed by atoms with van der Waals surface area (Å²) in [5.74, 6) is -0.702. The smallest absolute Gasteiger partial charge is 0.239 e. The summed E-state index contributed by atoms with van der Waals surface area (Å²) in [7, 11) is 0. The van der Waals surface area contributed by atoms with Crippen LogP contribution in [0.2, 0.25) is 0 Å². The van der Waals surface area contributed by atoms with Gasteiger partial charge in [-0.25, -0.2) is 0 Å². The third kappa shape index (κ3) is 6.21. The third-order valence-corrected chi connectivity index (χ3v) is 3.89. The van der Waals surface area contributed by atoms with Crippen LogP contribution in [0.25, 0.3) is 0 Å². The average molecular weight is 343 g/mol. The van der Waals surface area contributed by atoms with E-state index >= 15 is 0 Å². The van der Waals surface area contributed by atoms with E-state index < -0.39 is 0 Å². The zero-order chi connectivity index (χ0) is 17.2. The van der Waals surface area contributed by atoms with Crippen LogP contribution in [-0.4, -0.2) is 34.2 Å². The lowest BCUT2D eigenvalue weighted by atomic mass is 10.2. The van der Waals surface area contributed by atoms with Crippen molar-refractivity contribution < 1.29 is 14.4 Å². The predicted molar refractivity (Wildman–Crippen MR) is 92.3 cm³/mol. The molecule has 0 fully saturated rings. The Labute approximate surface area is 144 Å². The van der Waals surface area contributed by atoms with Gasteiger partial charge in [0.25, 0.3) is 0 Å². The van der Waals surface area contributed by atoms with Gasteiger partial charge in [0.15, 0.2) is 0 Å².